The third-order valence-electron chi connectivity index (χ3n) is 2.85. The van der Waals surface area contributed by atoms with Crippen molar-refractivity contribution in [3.05, 3.63) is 23.8 Å². The van der Waals surface area contributed by atoms with E-state index in [2.05, 4.69) is 15.6 Å². The third kappa shape index (κ3) is 2.62. The van der Waals surface area contributed by atoms with E-state index in [4.69, 9.17) is 9.47 Å². The van der Waals surface area contributed by atoms with Gasteiger partial charge in [-0.2, -0.15) is 0 Å². The van der Waals surface area contributed by atoms with Gasteiger partial charge in [0.1, 0.15) is 17.5 Å². The molecule has 1 amide bonds. The molecule has 19 heavy (non-hydrogen) atoms. The molecule has 0 aliphatic carbocycles. The molecule has 0 saturated carbocycles. The maximum absolute atomic E-state index is 12.0. The number of hydrogen-bond acceptors (Lipinski definition) is 4. The van der Waals surface area contributed by atoms with Crippen LogP contribution in [0.15, 0.2) is 23.2 Å². The molecule has 6 nitrogen and oxygen atoms in total. The van der Waals surface area contributed by atoms with Gasteiger partial charge in [0.25, 0.3) is 5.91 Å². The van der Waals surface area contributed by atoms with Crippen LogP contribution in [0.1, 0.15) is 18.5 Å². The molecule has 102 valence electrons. The average Bonchev–Trinajstić information content (AvgIpc) is 2.79. The Morgan fingerprint density at radius 1 is 1.32 bits per heavy atom. The van der Waals surface area contributed by atoms with Crippen LogP contribution in [0.5, 0.6) is 11.5 Å². The summed E-state index contributed by atoms with van der Waals surface area (Å²) >= 11 is 0. The maximum atomic E-state index is 12.0. The summed E-state index contributed by atoms with van der Waals surface area (Å²) in [6.45, 7) is 2.50. The van der Waals surface area contributed by atoms with Gasteiger partial charge in [-0.25, -0.2) is 0 Å². The number of benzene rings is 1. The molecular formula is C13H17N3O3. The molecule has 1 aliphatic heterocycles. The number of nitrogens with zero attached hydrogens (tertiary/aromatic N) is 1. The van der Waals surface area contributed by atoms with E-state index < -0.39 is 6.04 Å². The molecule has 1 saturated heterocycles. The van der Waals surface area contributed by atoms with Crippen LogP contribution in [0.25, 0.3) is 0 Å². The molecule has 2 rings (SSSR count). The molecule has 1 heterocycles. The van der Waals surface area contributed by atoms with Crippen molar-refractivity contribution < 1.29 is 14.3 Å². The highest BCUT2D eigenvalue weighted by molar-refractivity contribution is 6.07. The zero-order valence-electron chi connectivity index (χ0n) is 11.2. The van der Waals surface area contributed by atoms with E-state index in [1.807, 2.05) is 6.92 Å². The number of carbonyl (C=O) groups is 1. The average molecular weight is 263 g/mol. The van der Waals surface area contributed by atoms with Crippen LogP contribution in [0.2, 0.25) is 0 Å². The Bertz CT molecular complexity index is 514. The maximum Gasteiger partial charge on any atom is 0.254 e. The molecule has 1 aromatic carbocycles. The fourth-order valence-electron chi connectivity index (χ4n) is 1.95. The minimum absolute atomic E-state index is 0.154. The molecule has 6 heteroatoms. The molecule has 0 bridgehead atoms. The van der Waals surface area contributed by atoms with Gasteiger partial charge in [-0.15, -0.1) is 0 Å². The van der Waals surface area contributed by atoms with Crippen molar-refractivity contribution in [1.82, 2.24) is 10.6 Å². The van der Waals surface area contributed by atoms with Crippen LogP contribution in [0, 0.1) is 0 Å². The predicted octanol–water partition coefficient (Wildman–Crippen LogP) is 0.840. The lowest BCUT2D eigenvalue weighted by Gasteiger charge is -2.14. The van der Waals surface area contributed by atoms with Gasteiger partial charge in [0.15, 0.2) is 5.96 Å². The van der Waals surface area contributed by atoms with Crippen molar-refractivity contribution in [2.24, 2.45) is 4.99 Å². The van der Waals surface area contributed by atoms with Gasteiger partial charge >= 0.3 is 0 Å². The zero-order valence-corrected chi connectivity index (χ0v) is 11.2. The van der Waals surface area contributed by atoms with Gasteiger partial charge in [0, 0.05) is 12.1 Å². The largest absolute Gasteiger partial charge is 0.497 e. The lowest BCUT2D eigenvalue weighted by Crippen LogP contribution is -2.25. The minimum Gasteiger partial charge on any atom is -0.497 e. The van der Waals surface area contributed by atoms with Crippen molar-refractivity contribution >= 4 is 11.9 Å². The second-order valence-corrected chi connectivity index (χ2v) is 4.00. The summed E-state index contributed by atoms with van der Waals surface area (Å²) in [5, 5.41) is 5.73. The van der Waals surface area contributed by atoms with Crippen molar-refractivity contribution in [1.29, 1.82) is 0 Å². The number of methoxy groups -OCH3 is 2. The standard InChI is InChI=1S/C13H17N3O3/c1-4-14-13-15-11(12(17)16-13)9-7-8(18-2)5-6-10(9)19-3/h5-7,11H,4H2,1-3H3,(H2,14,15,16,17). The van der Waals surface area contributed by atoms with Crippen LogP contribution >= 0.6 is 0 Å². The lowest BCUT2D eigenvalue weighted by atomic mass is 10.1. The molecule has 0 spiro atoms. The number of rotatable bonds is 4. The Morgan fingerprint density at radius 3 is 2.74 bits per heavy atom. The summed E-state index contributed by atoms with van der Waals surface area (Å²) in [6.07, 6.45) is 0. The normalized spacial score (nSPS) is 20.1. The Balaban J connectivity index is 2.35. The quantitative estimate of drug-likeness (QED) is 0.844. The highest BCUT2D eigenvalue weighted by atomic mass is 16.5. The molecule has 1 aliphatic rings. The molecule has 1 atom stereocenters. The first kappa shape index (κ1) is 13.2. The van der Waals surface area contributed by atoms with E-state index in [0.29, 0.717) is 24.0 Å². The monoisotopic (exact) mass is 263 g/mol. The van der Waals surface area contributed by atoms with E-state index in [0.717, 1.165) is 5.56 Å². The smallest absolute Gasteiger partial charge is 0.254 e. The molecule has 2 N–H and O–H groups in total. The number of aliphatic imine (C=N–C) groups is 1. The van der Waals surface area contributed by atoms with Gasteiger partial charge in [-0.1, -0.05) is 0 Å². The fraction of sp³-hybridized carbons (Fsp3) is 0.385. The Hall–Kier alpha value is -2.24. The van der Waals surface area contributed by atoms with Crippen LogP contribution in [0.3, 0.4) is 0 Å². The van der Waals surface area contributed by atoms with Gasteiger partial charge in [0.2, 0.25) is 0 Å². The molecule has 1 aromatic rings. The molecule has 0 aromatic heterocycles. The number of guanidine groups is 1. The second kappa shape index (κ2) is 5.60. The van der Waals surface area contributed by atoms with Crippen molar-refractivity contribution in [2.75, 3.05) is 20.8 Å². The first-order valence-electron chi connectivity index (χ1n) is 6.03. The van der Waals surface area contributed by atoms with E-state index in [9.17, 15) is 4.79 Å². The molecular weight excluding hydrogens is 246 g/mol. The van der Waals surface area contributed by atoms with Crippen molar-refractivity contribution in [3.8, 4) is 11.5 Å². The van der Waals surface area contributed by atoms with Gasteiger partial charge in [-0.05, 0) is 25.1 Å². The minimum atomic E-state index is -0.518. The molecule has 0 radical (unpaired) electrons. The van der Waals surface area contributed by atoms with Crippen LogP contribution in [-0.4, -0.2) is 32.6 Å². The number of carbonyl (C=O) groups excluding carboxylic acids is 1. The first-order valence-corrected chi connectivity index (χ1v) is 6.03. The van der Waals surface area contributed by atoms with Gasteiger partial charge < -0.3 is 14.8 Å². The topological polar surface area (TPSA) is 72.0 Å². The lowest BCUT2D eigenvalue weighted by molar-refractivity contribution is -0.120. The Labute approximate surface area is 111 Å². The van der Waals surface area contributed by atoms with E-state index in [1.54, 1.807) is 32.4 Å². The summed E-state index contributed by atoms with van der Waals surface area (Å²) in [6, 6.07) is 4.83. The number of hydrogen-bond donors (Lipinski definition) is 2. The number of ether oxygens (including phenoxy) is 2. The third-order valence-corrected chi connectivity index (χ3v) is 2.85. The highest BCUT2D eigenvalue weighted by Crippen LogP contribution is 2.30. The fourth-order valence-corrected chi connectivity index (χ4v) is 1.95. The highest BCUT2D eigenvalue weighted by Gasteiger charge is 2.32. The van der Waals surface area contributed by atoms with Gasteiger partial charge in [0.05, 0.1) is 14.2 Å². The van der Waals surface area contributed by atoms with E-state index in [1.165, 1.54) is 0 Å². The molecule has 1 unspecified atom stereocenters. The van der Waals surface area contributed by atoms with Crippen molar-refractivity contribution in [2.45, 2.75) is 13.0 Å². The predicted molar refractivity (Wildman–Crippen MR) is 71.5 cm³/mol. The second-order valence-electron chi connectivity index (χ2n) is 4.00. The Kier molecular flexibility index (Phi) is 3.89. The van der Waals surface area contributed by atoms with E-state index in [-0.39, 0.29) is 5.91 Å². The van der Waals surface area contributed by atoms with Crippen LogP contribution in [0.4, 0.5) is 0 Å². The number of amides is 1. The first-order chi connectivity index (χ1) is 9.19. The van der Waals surface area contributed by atoms with E-state index >= 15 is 0 Å². The summed E-state index contributed by atoms with van der Waals surface area (Å²) in [7, 11) is 3.15. The summed E-state index contributed by atoms with van der Waals surface area (Å²) in [5.74, 6) is 1.64. The summed E-state index contributed by atoms with van der Waals surface area (Å²) in [4.78, 5) is 16.1. The van der Waals surface area contributed by atoms with Crippen LogP contribution in [-0.2, 0) is 4.79 Å². The van der Waals surface area contributed by atoms with Gasteiger partial charge in [-0.3, -0.25) is 15.1 Å². The SMILES string of the molecule is CCN=C1NC(=O)C(c2cc(OC)ccc2OC)N1. The number of nitrogens with one attached hydrogen (secondary N) is 2. The zero-order chi connectivity index (χ0) is 13.8. The molecule has 1 fully saturated rings. The Morgan fingerprint density at radius 2 is 2.11 bits per heavy atom. The summed E-state index contributed by atoms with van der Waals surface area (Å²) < 4.78 is 10.5. The summed E-state index contributed by atoms with van der Waals surface area (Å²) in [5.41, 5.74) is 0.723. The van der Waals surface area contributed by atoms with Crippen LogP contribution < -0.4 is 20.1 Å². The van der Waals surface area contributed by atoms with Crippen molar-refractivity contribution in [3.63, 3.8) is 0 Å².